The lowest BCUT2D eigenvalue weighted by Crippen LogP contribution is -2.16. The molecule has 0 aliphatic heterocycles. The third-order valence-corrected chi connectivity index (χ3v) is 12.7. The zero-order chi connectivity index (χ0) is 34.6. The molecule has 0 atom stereocenters. The van der Waals surface area contributed by atoms with E-state index in [2.05, 4.69) is 188 Å². The van der Waals surface area contributed by atoms with Gasteiger partial charge in [0, 0.05) is 59.3 Å². The van der Waals surface area contributed by atoms with Crippen LogP contribution in [0.1, 0.15) is 25.0 Å². The Morgan fingerprint density at radius 3 is 1.98 bits per heavy atom. The molecule has 3 heteroatoms. The summed E-state index contributed by atoms with van der Waals surface area (Å²) in [7, 11) is 0. The first kappa shape index (κ1) is 29.6. The Morgan fingerprint density at radius 1 is 0.481 bits per heavy atom. The highest BCUT2D eigenvalue weighted by molar-refractivity contribution is 7.27. The number of hydrogen-bond donors (Lipinski definition) is 1. The average molecular weight is 683 g/mol. The maximum Gasteiger partial charge on any atom is 0.0640 e. The van der Waals surface area contributed by atoms with Gasteiger partial charge in [-0.1, -0.05) is 141 Å². The number of para-hydroxylation sites is 1. The summed E-state index contributed by atoms with van der Waals surface area (Å²) in [5.41, 5.74) is 13.6. The Balaban J connectivity index is 1.20. The van der Waals surface area contributed by atoms with Crippen molar-refractivity contribution in [3.8, 4) is 22.3 Å². The largest absolute Gasteiger partial charge is 0.354 e. The Kier molecular flexibility index (Phi) is 6.21. The molecule has 1 aliphatic rings. The number of aromatic amines is 1. The number of H-pyrrole nitrogens is 1. The number of hydrogen-bond acceptors (Lipinski definition) is 2. The quantitative estimate of drug-likeness (QED) is 0.196. The van der Waals surface area contributed by atoms with Crippen molar-refractivity contribution in [2.45, 2.75) is 19.3 Å². The first-order valence-corrected chi connectivity index (χ1v) is 18.8. The van der Waals surface area contributed by atoms with Gasteiger partial charge in [-0.3, -0.25) is 0 Å². The molecule has 246 valence electrons. The molecule has 10 aromatic rings. The van der Waals surface area contributed by atoms with Crippen LogP contribution in [0.4, 0.5) is 17.1 Å². The van der Waals surface area contributed by atoms with Crippen molar-refractivity contribution in [1.82, 2.24) is 4.98 Å². The molecule has 52 heavy (non-hydrogen) atoms. The average Bonchev–Trinajstić information content (AvgIpc) is 3.85. The second-order valence-corrected chi connectivity index (χ2v) is 15.6. The molecule has 1 N–H and O–H groups in total. The van der Waals surface area contributed by atoms with Crippen LogP contribution in [0.5, 0.6) is 0 Å². The predicted octanol–water partition coefficient (Wildman–Crippen LogP) is 14.3. The van der Waals surface area contributed by atoms with Crippen LogP contribution in [0.3, 0.4) is 0 Å². The minimum absolute atomic E-state index is 0.103. The summed E-state index contributed by atoms with van der Waals surface area (Å²) in [4.78, 5) is 6.30. The van der Waals surface area contributed by atoms with E-state index in [1.807, 2.05) is 11.3 Å². The van der Waals surface area contributed by atoms with Gasteiger partial charge in [0.2, 0.25) is 0 Å². The highest BCUT2D eigenvalue weighted by Crippen LogP contribution is 2.53. The zero-order valence-corrected chi connectivity index (χ0v) is 29.8. The molecule has 0 bridgehead atoms. The van der Waals surface area contributed by atoms with E-state index in [0.717, 1.165) is 5.69 Å². The van der Waals surface area contributed by atoms with Crippen molar-refractivity contribution in [3.63, 3.8) is 0 Å². The molecule has 2 aromatic heterocycles. The SMILES string of the molecule is CC1(C)c2ccccc2-c2ccc(N(c3ccc(-c4ccccc4)cc3)c3cccc4c3sc3c5ccccc5c5[nH]c6ccccc6c5c43)cc21. The van der Waals surface area contributed by atoms with Crippen molar-refractivity contribution < 1.29 is 0 Å². The number of thiophene rings is 1. The zero-order valence-electron chi connectivity index (χ0n) is 28.9. The third kappa shape index (κ3) is 4.11. The second-order valence-electron chi connectivity index (χ2n) is 14.6. The Labute approximate surface area is 306 Å². The maximum atomic E-state index is 3.81. The normalized spacial score (nSPS) is 13.3. The topological polar surface area (TPSA) is 19.0 Å². The highest BCUT2D eigenvalue weighted by Gasteiger charge is 2.36. The fraction of sp³-hybridized carbons (Fsp3) is 0.0612. The molecule has 0 amide bonds. The van der Waals surface area contributed by atoms with Crippen molar-refractivity contribution in [2.24, 2.45) is 0 Å². The van der Waals surface area contributed by atoms with Crippen LogP contribution in [0.2, 0.25) is 0 Å². The van der Waals surface area contributed by atoms with Crippen LogP contribution in [-0.4, -0.2) is 4.98 Å². The minimum atomic E-state index is -0.103. The van der Waals surface area contributed by atoms with Gasteiger partial charge in [-0.25, -0.2) is 0 Å². The third-order valence-electron chi connectivity index (χ3n) is 11.4. The molecule has 8 aromatic carbocycles. The molecule has 0 spiro atoms. The van der Waals surface area contributed by atoms with Gasteiger partial charge in [0.25, 0.3) is 0 Å². The lowest BCUT2D eigenvalue weighted by molar-refractivity contribution is 0.660. The fourth-order valence-corrected chi connectivity index (χ4v) is 10.3. The minimum Gasteiger partial charge on any atom is -0.354 e. The van der Waals surface area contributed by atoms with E-state index >= 15 is 0 Å². The standard InChI is InChI=1S/C49H34N2S/c1-49(2)40-20-10-8-15-34(40)35-28-27-33(29-41(35)49)51(32-25-23-31(24-26-32)30-13-4-3-5-14-30)43-22-12-19-39-45-44-38-18-9-11-21-42(38)50-46(44)36-16-6-7-17-37(36)48(45)52-47(39)43/h3-29,50H,1-2H3. The first-order valence-electron chi connectivity index (χ1n) is 18.0. The van der Waals surface area contributed by atoms with Crippen molar-refractivity contribution in [3.05, 3.63) is 175 Å². The molecule has 0 saturated carbocycles. The van der Waals surface area contributed by atoms with Crippen LogP contribution < -0.4 is 4.90 Å². The number of rotatable bonds is 4. The van der Waals surface area contributed by atoms with Crippen molar-refractivity contribution in [1.29, 1.82) is 0 Å². The van der Waals surface area contributed by atoms with Gasteiger partial charge in [-0.05, 0) is 69.8 Å². The first-order chi connectivity index (χ1) is 25.6. The second kappa shape index (κ2) is 10.9. The number of benzene rings is 8. The number of anilines is 3. The smallest absolute Gasteiger partial charge is 0.0640 e. The molecule has 0 fully saturated rings. The molecule has 1 aliphatic carbocycles. The van der Waals surface area contributed by atoms with Gasteiger partial charge in [0.05, 0.1) is 15.9 Å². The molecular formula is C49H34N2S. The van der Waals surface area contributed by atoms with Crippen LogP contribution in [0, 0.1) is 0 Å². The number of fused-ring (bicyclic) bond motifs is 13. The van der Waals surface area contributed by atoms with E-state index < -0.39 is 0 Å². The van der Waals surface area contributed by atoms with Crippen LogP contribution in [0.25, 0.3) is 75.0 Å². The molecular weight excluding hydrogens is 649 g/mol. The van der Waals surface area contributed by atoms with Gasteiger partial charge in [0.15, 0.2) is 0 Å². The lowest BCUT2D eigenvalue weighted by atomic mass is 9.82. The maximum absolute atomic E-state index is 3.81. The number of nitrogens with zero attached hydrogens (tertiary/aromatic N) is 1. The summed E-state index contributed by atoms with van der Waals surface area (Å²) in [6, 6.07) is 60.3. The number of aromatic nitrogens is 1. The summed E-state index contributed by atoms with van der Waals surface area (Å²) in [5, 5.41) is 7.76. The fourth-order valence-electron chi connectivity index (χ4n) is 8.91. The molecule has 0 radical (unpaired) electrons. The summed E-state index contributed by atoms with van der Waals surface area (Å²) in [6.07, 6.45) is 0. The van der Waals surface area contributed by atoms with Gasteiger partial charge in [0.1, 0.15) is 0 Å². The van der Waals surface area contributed by atoms with Gasteiger partial charge >= 0.3 is 0 Å². The van der Waals surface area contributed by atoms with Crippen LogP contribution in [-0.2, 0) is 5.41 Å². The van der Waals surface area contributed by atoms with Crippen LogP contribution >= 0.6 is 11.3 Å². The summed E-state index contributed by atoms with van der Waals surface area (Å²) in [5.74, 6) is 0. The molecule has 0 unspecified atom stereocenters. The molecule has 11 rings (SSSR count). The Bertz CT molecular complexity index is 3040. The van der Waals surface area contributed by atoms with E-state index in [1.54, 1.807) is 0 Å². The molecule has 2 nitrogen and oxygen atoms in total. The molecule has 2 heterocycles. The van der Waals surface area contributed by atoms with E-state index in [9.17, 15) is 0 Å². The lowest BCUT2D eigenvalue weighted by Gasteiger charge is -2.28. The highest BCUT2D eigenvalue weighted by atomic mass is 32.1. The van der Waals surface area contributed by atoms with Gasteiger partial charge < -0.3 is 9.88 Å². The van der Waals surface area contributed by atoms with Crippen molar-refractivity contribution in [2.75, 3.05) is 4.90 Å². The number of nitrogens with one attached hydrogen (secondary N) is 1. The van der Waals surface area contributed by atoms with E-state index in [1.165, 1.54) is 97.5 Å². The summed E-state index contributed by atoms with van der Waals surface area (Å²) < 4.78 is 2.62. The van der Waals surface area contributed by atoms with Crippen molar-refractivity contribution >= 4 is 81.1 Å². The van der Waals surface area contributed by atoms with Crippen LogP contribution in [0.15, 0.2) is 164 Å². The summed E-state index contributed by atoms with van der Waals surface area (Å²) >= 11 is 1.92. The summed E-state index contributed by atoms with van der Waals surface area (Å²) in [6.45, 7) is 4.73. The predicted molar refractivity (Wildman–Crippen MR) is 224 cm³/mol. The van der Waals surface area contributed by atoms with E-state index in [0.29, 0.717) is 0 Å². The molecule has 0 saturated heterocycles. The van der Waals surface area contributed by atoms with E-state index in [-0.39, 0.29) is 5.41 Å². The van der Waals surface area contributed by atoms with E-state index in [4.69, 9.17) is 0 Å². The van der Waals surface area contributed by atoms with Gasteiger partial charge in [-0.2, -0.15) is 0 Å². The Hall–Kier alpha value is -6.16. The Morgan fingerprint density at radius 2 is 1.13 bits per heavy atom. The van der Waals surface area contributed by atoms with Gasteiger partial charge in [-0.15, -0.1) is 11.3 Å². The monoisotopic (exact) mass is 682 g/mol.